The van der Waals surface area contributed by atoms with Gasteiger partial charge in [-0.25, -0.2) is 9.18 Å². The number of anilines is 1. The third-order valence-corrected chi connectivity index (χ3v) is 5.55. The SMILES string of the molecule is O=C(O)c1cccc(Cn2cc(-c3cc(Cl)cc(N4CCCC4)c3)c(C(F)(F)F)n2)c1F. The first-order chi connectivity index (χ1) is 15.1. The molecule has 0 atom stereocenters. The maximum atomic E-state index is 14.5. The number of rotatable bonds is 5. The summed E-state index contributed by atoms with van der Waals surface area (Å²) in [6, 6.07) is 8.50. The number of benzene rings is 2. The zero-order valence-electron chi connectivity index (χ0n) is 16.7. The maximum absolute atomic E-state index is 14.5. The van der Waals surface area contributed by atoms with E-state index < -0.39 is 29.2 Å². The van der Waals surface area contributed by atoms with E-state index in [1.54, 1.807) is 12.1 Å². The van der Waals surface area contributed by atoms with Gasteiger partial charge in [-0.2, -0.15) is 18.3 Å². The molecule has 0 radical (unpaired) electrons. The van der Waals surface area contributed by atoms with Gasteiger partial charge in [-0.15, -0.1) is 0 Å². The van der Waals surface area contributed by atoms with E-state index in [1.807, 2.05) is 0 Å². The molecule has 1 fully saturated rings. The Morgan fingerprint density at radius 3 is 2.53 bits per heavy atom. The molecule has 1 aliphatic heterocycles. The first-order valence-corrected chi connectivity index (χ1v) is 10.2. The van der Waals surface area contributed by atoms with Crippen LogP contribution in [-0.2, 0) is 12.7 Å². The summed E-state index contributed by atoms with van der Waals surface area (Å²) in [5.41, 5.74) is -0.978. The van der Waals surface area contributed by atoms with Crippen LogP contribution in [0.1, 0.15) is 34.5 Å². The van der Waals surface area contributed by atoms with Crippen LogP contribution in [0.3, 0.4) is 0 Å². The molecule has 0 saturated carbocycles. The lowest BCUT2D eigenvalue weighted by molar-refractivity contribution is -0.141. The van der Waals surface area contributed by atoms with Gasteiger partial charge < -0.3 is 10.0 Å². The number of aromatic carboxylic acids is 1. The number of hydrogen-bond donors (Lipinski definition) is 1. The Bertz CT molecular complexity index is 1170. The fourth-order valence-electron chi connectivity index (χ4n) is 3.85. The van der Waals surface area contributed by atoms with Gasteiger partial charge in [0.2, 0.25) is 0 Å². The minimum Gasteiger partial charge on any atom is -0.478 e. The summed E-state index contributed by atoms with van der Waals surface area (Å²) in [5.74, 6) is -2.47. The molecule has 0 amide bonds. The average molecular weight is 468 g/mol. The molecule has 4 rings (SSSR count). The third kappa shape index (κ3) is 4.43. The lowest BCUT2D eigenvalue weighted by Crippen LogP contribution is -2.17. The lowest BCUT2D eigenvalue weighted by atomic mass is 10.0. The molecular weight excluding hydrogens is 450 g/mol. The topological polar surface area (TPSA) is 58.4 Å². The molecule has 32 heavy (non-hydrogen) atoms. The molecule has 0 unspecified atom stereocenters. The van der Waals surface area contributed by atoms with Crippen molar-refractivity contribution in [1.29, 1.82) is 0 Å². The summed E-state index contributed by atoms with van der Waals surface area (Å²) >= 11 is 6.21. The van der Waals surface area contributed by atoms with Gasteiger partial charge in [0.05, 0.1) is 12.1 Å². The fraction of sp³-hybridized carbons (Fsp3) is 0.273. The van der Waals surface area contributed by atoms with E-state index in [1.165, 1.54) is 24.4 Å². The summed E-state index contributed by atoms with van der Waals surface area (Å²) < 4.78 is 56.7. The highest BCUT2D eigenvalue weighted by atomic mass is 35.5. The van der Waals surface area contributed by atoms with Crippen LogP contribution in [0.4, 0.5) is 23.2 Å². The van der Waals surface area contributed by atoms with Crippen molar-refractivity contribution in [2.45, 2.75) is 25.6 Å². The van der Waals surface area contributed by atoms with Gasteiger partial charge >= 0.3 is 12.1 Å². The molecule has 1 aromatic heterocycles. The summed E-state index contributed by atoms with van der Waals surface area (Å²) in [6.07, 6.45) is -1.59. The minimum absolute atomic E-state index is 0.0866. The van der Waals surface area contributed by atoms with Crippen LogP contribution < -0.4 is 4.90 Å². The minimum atomic E-state index is -4.75. The molecule has 1 saturated heterocycles. The summed E-state index contributed by atoms with van der Waals surface area (Å²) in [7, 11) is 0. The quantitative estimate of drug-likeness (QED) is 0.488. The van der Waals surface area contributed by atoms with Crippen molar-refractivity contribution in [2.24, 2.45) is 0 Å². The zero-order chi connectivity index (χ0) is 23.0. The first-order valence-electron chi connectivity index (χ1n) is 9.85. The molecule has 0 spiro atoms. The van der Waals surface area contributed by atoms with Gasteiger partial charge in [-0.3, -0.25) is 4.68 Å². The highest BCUT2D eigenvalue weighted by Crippen LogP contribution is 2.39. The Hall–Kier alpha value is -3.07. The third-order valence-electron chi connectivity index (χ3n) is 5.34. The molecule has 2 aromatic carbocycles. The predicted octanol–water partition coefficient (Wildman–Crippen LogP) is 5.71. The largest absolute Gasteiger partial charge is 0.478 e. The highest BCUT2D eigenvalue weighted by molar-refractivity contribution is 6.31. The van der Waals surface area contributed by atoms with Crippen molar-refractivity contribution in [3.05, 3.63) is 70.3 Å². The Balaban J connectivity index is 1.76. The number of hydrogen-bond acceptors (Lipinski definition) is 3. The second-order valence-electron chi connectivity index (χ2n) is 7.56. The molecular formula is C22H18ClF4N3O2. The van der Waals surface area contributed by atoms with E-state index >= 15 is 0 Å². The first kappa shape index (κ1) is 22.1. The summed E-state index contributed by atoms with van der Waals surface area (Å²) in [4.78, 5) is 13.2. The Labute approximate surface area is 185 Å². The molecule has 5 nitrogen and oxygen atoms in total. The van der Waals surface area contributed by atoms with Crippen molar-refractivity contribution in [3.63, 3.8) is 0 Å². The predicted molar refractivity (Wildman–Crippen MR) is 112 cm³/mol. The van der Waals surface area contributed by atoms with Crippen molar-refractivity contribution < 1.29 is 27.5 Å². The van der Waals surface area contributed by atoms with Crippen LogP contribution >= 0.6 is 11.6 Å². The zero-order valence-corrected chi connectivity index (χ0v) is 17.4. The van der Waals surface area contributed by atoms with Gasteiger partial charge in [-0.05, 0) is 42.7 Å². The second-order valence-corrected chi connectivity index (χ2v) is 8.00. The van der Waals surface area contributed by atoms with Crippen LogP contribution in [0.5, 0.6) is 0 Å². The van der Waals surface area contributed by atoms with Crippen LogP contribution in [0, 0.1) is 5.82 Å². The average Bonchev–Trinajstić information content (AvgIpc) is 3.39. The van der Waals surface area contributed by atoms with Gasteiger partial charge in [0.25, 0.3) is 0 Å². The Morgan fingerprint density at radius 1 is 1.16 bits per heavy atom. The van der Waals surface area contributed by atoms with Gasteiger partial charge in [0, 0.05) is 41.1 Å². The molecule has 10 heteroatoms. The smallest absolute Gasteiger partial charge is 0.435 e. The maximum Gasteiger partial charge on any atom is 0.435 e. The molecule has 3 aromatic rings. The molecule has 0 aliphatic carbocycles. The molecule has 0 bridgehead atoms. The van der Waals surface area contributed by atoms with Crippen LogP contribution in [0.15, 0.2) is 42.6 Å². The van der Waals surface area contributed by atoms with Crippen LogP contribution in [0.2, 0.25) is 5.02 Å². The molecule has 168 valence electrons. The number of nitrogens with zero attached hydrogens (tertiary/aromatic N) is 3. The normalized spacial score (nSPS) is 14.2. The van der Waals surface area contributed by atoms with Crippen LogP contribution in [0.25, 0.3) is 11.1 Å². The van der Waals surface area contributed by atoms with Crippen molar-refractivity contribution >= 4 is 23.3 Å². The lowest BCUT2D eigenvalue weighted by Gasteiger charge is -2.19. The van der Waals surface area contributed by atoms with E-state index in [9.17, 15) is 22.4 Å². The van der Waals surface area contributed by atoms with E-state index in [-0.39, 0.29) is 23.2 Å². The van der Waals surface area contributed by atoms with Crippen molar-refractivity contribution in [1.82, 2.24) is 9.78 Å². The Kier molecular flexibility index (Phi) is 5.85. The number of halogens is 5. The van der Waals surface area contributed by atoms with Gasteiger partial charge in [-0.1, -0.05) is 23.7 Å². The van der Waals surface area contributed by atoms with E-state index in [2.05, 4.69) is 10.00 Å². The van der Waals surface area contributed by atoms with Crippen molar-refractivity contribution in [2.75, 3.05) is 18.0 Å². The van der Waals surface area contributed by atoms with E-state index in [4.69, 9.17) is 16.7 Å². The fourth-order valence-corrected chi connectivity index (χ4v) is 4.08. The van der Waals surface area contributed by atoms with E-state index in [0.717, 1.165) is 42.4 Å². The number of aromatic nitrogens is 2. The molecule has 1 N–H and O–H groups in total. The molecule has 2 heterocycles. The van der Waals surface area contributed by atoms with Crippen LogP contribution in [-0.4, -0.2) is 33.9 Å². The van der Waals surface area contributed by atoms with Gasteiger partial charge in [0.1, 0.15) is 5.82 Å². The highest BCUT2D eigenvalue weighted by Gasteiger charge is 2.38. The monoisotopic (exact) mass is 467 g/mol. The number of carboxylic acids is 1. The summed E-state index contributed by atoms with van der Waals surface area (Å²) in [5, 5.41) is 13.0. The van der Waals surface area contributed by atoms with E-state index in [0.29, 0.717) is 5.02 Å². The summed E-state index contributed by atoms with van der Waals surface area (Å²) in [6.45, 7) is 1.23. The van der Waals surface area contributed by atoms with Crippen molar-refractivity contribution in [3.8, 4) is 11.1 Å². The van der Waals surface area contributed by atoms with Gasteiger partial charge in [0.15, 0.2) is 5.69 Å². The Morgan fingerprint density at radius 2 is 1.88 bits per heavy atom. The number of alkyl halides is 3. The molecule has 1 aliphatic rings. The number of carbonyl (C=O) groups is 1. The number of carboxylic acid groups (broad SMARTS) is 1. The standard InChI is InChI=1S/C22H18ClF4N3O2/c23-15-8-14(9-16(10-15)29-6-1-2-7-29)18-12-30(28-20(18)22(25,26)27)11-13-4-3-5-17(19(13)24)21(31)32/h3-5,8-10,12H,1-2,6-7,11H2,(H,31,32). The second kappa shape index (κ2) is 8.46.